The quantitative estimate of drug-likeness (QED) is 0.429. The molecule has 2 heterocycles. The standard InChI is InChI=1S/C28H33N3O3S/c1-23-9-11-25(12-10-23)28(33)30(14-13-29-15-17-34-18-16-29)22-27(32)31(21-26-8-5-19-35-26)20-24-6-3-2-4-7-24/h2-12,19H,13-18,20-22H2,1H3. The zero-order valence-corrected chi connectivity index (χ0v) is 21.1. The molecule has 1 fully saturated rings. The minimum atomic E-state index is -0.109. The molecule has 1 saturated heterocycles. The van der Waals surface area contributed by atoms with Crippen LogP contribution in [0.5, 0.6) is 0 Å². The average Bonchev–Trinajstić information content (AvgIpc) is 3.40. The lowest BCUT2D eigenvalue weighted by Crippen LogP contribution is -2.47. The molecule has 2 amide bonds. The summed E-state index contributed by atoms with van der Waals surface area (Å²) < 4.78 is 5.46. The van der Waals surface area contributed by atoms with E-state index in [1.165, 1.54) is 0 Å². The highest BCUT2D eigenvalue weighted by atomic mass is 32.1. The van der Waals surface area contributed by atoms with Crippen molar-refractivity contribution >= 4 is 23.2 Å². The van der Waals surface area contributed by atoms with Crippen LogP contribution in [0.4, 0.5) is 0 Å². The van der Waals surface area contributed by atoms with Gasteiger partial charge in [0.1, 0.15) is 6.54 Å². The molecule has 0 radical (unpaired) electrons. The summed E-state index contributed by atoms with van der Waals surface area (Å²) in [6.45, 7) is 7.41. The number of hydrogen-bond donors (Lipinski definition) is 0. The Balaban J connectivity index is 1.51. The van der Waals surface area contributed by atoms with Crippen LogP contribution in [0, 0.1) is 6.92 Å². The second kappa shape index (κ2) is 12.6. The number of hydrogen-bond acceptors (Lipinski definition) is 5. The fourth-order valence-corrected chi connectivity index (χ4v) is 4.83. The van der Waals surface area contributed by atoms with Gasteiger partial charge in [0.15, 0.2) is 0 Å². The molecule has 0 N–H and O–H groups in total. The van der Waals surface area contributed by atoms with Gasteiger partial charge < -0.3 is 14.5 Å². The number of nitrogens with zero attached hydrogens (tertiary/aromatic N) is 3. The Labute approximate surface area is 211 Å². The third kappa shape index (κ3) is 7.49. The third-order valence-corrected chi connectivity index (χ3v) is 7.06. The first-order valence-corrected chi connectivity index (χ1v) is 13.0. The summed E-state index contributed by atoms with van der Waals surface area (Å²) in [5.41, 5.74) is 2.78. The van der Waals surface area contributed by atoms with Crippen molar-refractivity contribution in [3.63, 3.8) is 0 Å². The number of rotatable bonds is 10. The van der Waals surface area contributed by atoms with Gasteiger partial charge in [-0.25, -0.2) is 0 Å². The van der Waals surface area contributed by atoms with E-state index in [9.17, 15) is 9.59 Å². The fraction of sp³-hybridized carbons (Fsp3) is 0.357. The topological polar surface area (TPSA) is 53.1 Å². The van der Waals surface area contributed by atoms with Crippen molar-refractivity contribution < 1.29 is 14.3 Å². The van der Waals surface area contributed by atoms with E-state index in [1.807, 2.05) is 83.9 Å². The summed E-state index contributed by atoms with van der Waals surface area (Å²) in [5, 5.41) is 2.02. The molecule has 1 aromatic heterocycles. The molecule has 0 atom stereocenters. The van der Waals surface area contributed by atoms with Crippen molar-refractivity contribution in [2.75, 3.05) is 45.9 Å². The van der Waals surface area contributed by atoms with Gasteiger partial charge in [0, 0.05) is 43.2 Å². The molecule has 0 saturated carbocycles. The highest BCUT2D eigenvalue weighted by molar-refractivity contribution is 7.09. The molecule has 6 nitrogen and oxygen atoms in total. The van der Waals surface area contributed by atoms with Crippen LogP contribution >= 0.6 is 11.3 Å². The minimum Gasteiger partial charge on any atom is -0.379 e. The Morgan fingerprint density at radius 1 is 0.914 bits per heavy atom. The van der Waals surface area contributed by atoms with Gasteiger partial charge in [-0.3, -0.25) is 14.5 Å². The third-order valence-electron chi connectivity index (χ3n) is 6.20. The molecule has 1 aliphatic rings. The Morgan fingerprint density at radius 2 is 1.66 bits per heavy atom. The number of carbonyl (C=O) groups excluding carboxylic acids is 2. The molecule has 2 aromatic carbocycles. The normalized spacial score (nSPS) is 14.0. The predicted octanol–water partition coefficient (Wildman–Crippen LogP) is 4.06. The molecule has 3 aromatic rings. The van der Waals surface area contributed by atoms with E-state index in [4.69, 9.17) is 4.74 Å². The number of carbonyl (C=O) groups is 2. The van der Waals surface area contributed by atoms with E-state index in [-0.39, 0.29) is 18.4 Å². The second-order valence-corrected chi connectivity index (χ2v) is 9.89. The molecular formula is C28H33N3O3S. The van der Waals surface area contributed by atoms with Gasteiger partial charge in [-0.2, -0.15) is 0 Å². The zero-order valence-electron chi connectivity index (χ0n) is 20.3. The first kappa shape index (κ1) is 25.1. The summed E-state index contributed by atoms with van der Waals surface area (Å²) in [6.07, 6.45) is 0. The van der Waals surface area contributed by atoms with Crippen molar-refractivity contribution in [2.24, 2.45) is 0 Å². The summed E-state index contributed by atoms with van der Waals surface area (Å²) >= 11 is 1.64. The Bertz CT molecular complexity index is 1060. The summed E-state index contributed by atoms with van der Waals surface area (Å²) in [6, 6.07) is 21.6. The van der Waals surface area contributed by atoms with Gasteiger partial charge in [0.2, 0.25) is 5.91 Å². The average molecular weight is 492 g/mol. The van der Waals surface area contributed by atoms with Crippen LogP contribution in [0.1, 0.15) is 26.4 Å². The number of aryl methyl sites for hydroxylation is 1. The molecule has 35 heavy (non-hydrogen) atoms. The molecule has 0 spiro atoms. The van der Waals surface area contributed by atoms with Crippen LogP contribution in [0.3, 0.4) is 0 Å². The lowest BCUT2D eigenvalue weighted by atomic mass is 10.1. The van der Waals surface area contributed by atoms with Crippen LogP contribution < -0.4 is 0 Å². The number of amides is 2. The Hall–Kier alpha value is -3.00. The lowest BCUT2D eigenvalue weighted by molar-refractivity contribution is -0.133. The fourth-order valence-electron chi connectivity index (χ4n) is 4.11. The smallest absolute Gasteiger partial charge is 0.254 e. The number of benzene rings is 2. The minimum absolute atomic E-state index is 0.0509. The van der Waals surface area contributed by atoms with Gasteiger partial charge in [0.05, 0.1) is 19.8 Å². The highest BCUT2D eigenvalue weighted by Crippen LogP contribution is 2.16. The largest absolute Gasteiger partial charge is 0.379 e. The predicted molar refractivity (Wildman–Crippen MR) is 139 cm³/mol. The van der Waals surface area contributed by atoms with E-state index >= 15 is 0 Å². The lowest BCUT2D eigenvalue weighted by Gasteiger charge is -2.31. The molecule has 7 heteroatoms. The van der Waals surface area contributed by atoms with Crippen LogP contribution in [0.15, 0.2) is 72.1 Å². The van der Waals surface area contributed by atoms with Crippen LogP contribution in [0.2, 0.25) is 0 Å². The molecule has 0 unspecified atom stereocenters. The zero-order chi connectivity index (χ0) is 24.5. The van der Waals surface area contributed by atoms with Crippen molar-refractivity contribution in [3.8, 4) is 0 Å². The number of ether oxygens (including phenoxy) is 1. The monoisotopic (exact) mass is 491 g/mol. The molecular weight excluding hydrogens is 458 g/mol. The van der Waals surface area contributed by atoms with Gasteiger partial charge >= 0.3 is 0 Å². The van der Waals surface area contributed by atoms with Crippen molar-refractivity contribution in [3.05, 3.63) is 93.7 Å². The van der Waals surface area contributed by atoms with Crippen molar-refractivity contribution in [1.29, 1.82) is 0 Å². The summed E-state index contributed by atoms with van der Waals surface area (Å²) in [5.74, 6) is -0.160. The highest BCUT2D eigenvalue weighted by Gasteiger charge is 2.24. The van der Waals surface area contributed by atoms with E-state index in [0.717, 1.165) is 35.6 Å². The molecule has 0 bridgehead atoms. The maximum absolute atomic E-state index is 13.6. The number of morpholine rings is 1. The maximum Gasteiger partial charge on any atom is 0.254 e. The molecule has 4 rings (SSSR count). The molecule has 1 aliphatic heterocycles. The Morgan fingerprint density at radius 3 is 2.34 bits per heavy atom. The SMILES string of the molecule is Cc1ccc(C(=O)N(CCN2CCOCC2)CC(=O)N(Cc2ccccc2)Cc2cccs2)cc1. The summed E-state index contributed by atoms with van der Waals surface area (Å²) in [7, 11) is 0. The van der Waals surface area contributed by atoms with E-state index in [0.29, 0.717) is 38.4 Å². The molecule has 0 aliphatic carbocycles. The van der Waals surface area contributed by atoms with Gasteiger partial charge in [-0.05, 0) is 36.1 Å². The first-order chi connectivity index (χ1) is 17.1. The van der Waals surface area contributed by atoms with Crippen LogP contribution in [-0.4, -0.2) is 72.5 Å². The van der Waals surface area contributed by atoms with E-state index < -0.39 is 0 Å². The first-order valence-electron chi connectivity index (χ1n) is 12.1. The van der Waals surface area contributed by atoms with Gasteiger partial charge in [0.25, 0.3) is 5.91 Å². The van der Waals surface area contributed by atoms with Crippen LogP contribution in [0.25, 0.3) is 0 Å². The van der Waals surface area contributed by atoms with E-state index in [1.54, 1.807) is 16.2 Å². The van der Waals surface area contributed by atoms with Crippen LogP contribution in [-0.2, 0) is 22.6 Å². The van der Waals surface area contributed by atoms with E-state index in [2.05, 4.69) is 4.90 Å². The number of thiophene rings is 1. The van der Waals surface area contributed by atoms with Gasteiger partial charge in [-0.15, -0.1) is 11.3 Å². The molecule has 184 valence electrons. The maximum atomic E-state index is 13.6. The van der Waals surface area contributed by atoms with Crippen molar-refractivity contribution in [1.82, 2.24) is 14.7 Å². The second-order valence-electron chi connectivity index (χ2n) is 8.86. The Kier molecular flexibility index (Phi) is 9.06. The summed E-state index contributed by atoms with van der Waals surface area (Å²) in [4.78, 5) is 34.1. The van der Waals surface area contributed by atoms with Crippen molar-refractivity contribution in [2.45, 2.75) is 20.0 Å². The van der Waals surface area contributed by atoms with Gasteiger partial charge in [-0.1, -0.05) is 54.1 Å².